The lowest BCUT2D eigenvalue weighted by molar-refractivity contribution is -0.179. The second kappa shape index (κ2) is 11.3. The van der Waals surface area contributed by atoms with Crippen LogP contribution in [-0.4, -0.2) is 76.5 Å². The Bertz CT molecular complexity index is 1230. The van der Waals surface area contributed by atoms with E-state index in [0.29, 0.717) is 24.1 Å². The third kappa shape index (κ3) is 5.20. The Labute approximate surface area is 220 Å². The maximum atomic E-state index is 13.8. The van der Waals surface area contributed by atoms with E-state index in [-0.39, 0.29) is 11.3 Å². The largest absolute Gasteiger partial charge is 0.394 e. The molecule has 0 saturated carbocycles. The lowest BCUT2D eigenvalue weighted by Crippen LogP contribution is -2.55. The lowest BCUT2D eigenvalue weighted by atomic mass is 9.89. The van der Waals surface area contributed by atoms with Crippen LogP contribution < -0.4 is 0 Å². The third-order valence-electron chi connectivity index (χ3n) is 7.00. The van der Waals surface area contributed by atoms with Crippen molar-refractivity contribution < 1.29 is 42.9 Å². The molecule has 1 aliphatic rings. The Kier molecular flexibility index (Phi) is 8.49. The van der Waals surface area contributed by atoms with Crippen molar-refractivity contribution in [1.29, 1.82) is 0 Å². The molecule has 1 fully saturated rings. The zero-order valence-electron chi connectivity index (χ0n) is 20.8. The molecule has 2 aromatic heterocycles. The van der Waals surface area contributed by atoms with Crippen LogP contribution in [0.25, 0.3) is 11.3 Å². The molecule has 208 valence electrons. The quantitative estimate of drug-likeness (QED) is 0.289. The van der Waals surface area contributed by atoms with E-state index < -0.39 is 64.7 Å². The highest BCUT2D eigenvalue weighted by Gasteiger charge is 2.49. The summed E-state index contributed by atoms with van der Waals surface area (Å²) in [4.78, 5) is 0. The molecule has 3 heterocycles. The molecular weight excluding hydrogens is 529 g/mol. The van der Waals surface area contributed by atoms with Crippen molar-refractivity contribution in [3.8, 4) is 11.3 Å². The molecule has 0 spiro atoms. The van der Waals surface area contributed by atoms with Gasteiger partial charge in [0.25, 0.3) is 0 Å². The summed E-state index contributed by atoms with van der Waals surface area (Å²) in [5, 5.41) is 54.6. The van der Waals surface area contributed by atoms with Gasteiger partial charge in [0.05, 0.1) is 29.3 Å². The number of aliphatic hydroxyl groups is 4. The highest BCUT2D eigenvalue weighted by Crippen LogP contribution is 2.48. The average Bonchev–Trinajstić information content (AvgIpc) is 3.55. The van der Waals surface area contributed by atoms with E-state index in [1.165, 1.54) is 12.5 Å². The maximum Gasteiger partial charge on any atom is 0.194 e. The van der Waals surface area contributed by atoms with E-state index >= 15 is 0 Å². The van der Waals surface area contributed by atoms with Crippen LogP contribution in [0, 0.1) is 24.4 Å². The fourth-order valence-electron chi connectivity index (χ4n) is 4.55. The zero-order valence-corrected chi connectivity index (χ0v) is 21.6. The van der Waals surface area contributed by atoms with Crippen molar-refractivity contribution in [2.24, 2.45) is 0 Å². The Morgan fingerprint density at radius 2 is 1.79 bits per heavy atom. The van der Waals surface area contributed by atoms with Crippen molar-refractivity contribution in [3.05, 3.63) is 53.3 Å². The summed E-state index contributed by atoms with van der Waals surface area (Å²) in [5.41, 5.74) is -1.30. The van der Waals surface area contributed by atoms with Crippen LogP contribution in [0.15, 0.2) is 29.1 Å². The van der Waals surface area contributed by atoms with Crippen LogP contribution in [0.2, 0.25) is 0 Å². The van der Waals surface area contributed by atoms with E-state index in [1.807, 2.05) is 13.8 Å². The molecule has 1 saturated heterocycles. The standard InChI is InChI=1S/C24H29F3N4O6S/c1-4-24(35,5-2)22(13-10-36-29-11(13)3)38-23-21(34)19(20(33)17(9-32)37-23)31-8-16(28-30-31)12-6-14(25)18(27)15(26)7-12/h6-8,10,17,19-23,32-35H,4-5,9H2,1-3H3/t17-,19+,20+,21-,22-,23+/m1/s1. The first-order valence-corrected chi connectivity index (χ1v) is 13.0. The fraction of sp³-hybridized carbons (Fsp3) is 0.542. The highest BCUT2D eigenvalue weighted by atomic mass is 32.2. The van der Waals surface area contributed by atoms with Crippen LogP contribution in [0.5, 0.6) is 0 Å². The van der Waals surface area contributed by atoms with E-state index in [9.17, 15) is 33.6 Å². The number of thioether (sulfide) groups is 1. The highest BCUT2D eigenvalue weighted by molar-refractivity contribution is 8.00. The van der Waals surface area contributed by atoms with Gasteiger partial charge in [-0.2, -0.15) is 0 Å². The number of aromatic nitrogens is 4. The van der Waals surface area contributed by atoms with Gasteiger partial charge in [0, 0.05) is 11.1 Å². The van der Waals surface area contributed by atoms with Crippen molar-refractivity contribution in [3.63, 3.8) is 0 Å². The van der Waals surface area contributed by atoms with Crippen LogP contribution in [-0.2, 0) is 4.74 Å². The topological polar surface area (TPSA) is 147 Å². The molecule has 0 radical (unpaired) electrons. The summed E-state index contributed by atoms with van der Waals surface area (Å²) >= 11 is 1.08. The molecule has 4 rings (SSSR count). The van der Waals surface area contributed by atoms with Gasteiger partial charge in [0.1, 0.15) is 41.7 Å². The fourth-order valence-corrected chi connectivity index (χ4v) is 6.30. The molecular formula is C24H29F3N4O6S. The van der Waals surface area contributed by atoms with Gasteiger partial charge < -0.3 is 29.7 Å². The molecule has 6 atom stereocenters. The number of hydrogen-bond donors (Lipinski definition) is 4. The third-order valence-corrected chi connectivity index (χ3v) is 8.62. The van der Waals surface area contributed by atoms with Crippen molar-refractivity contribution in [2.45, 2.75) is 74.3 Å². The summed E-state index contributed by atoms with van der Waals surface area (Å²) in [5.74, 6) is -4.45. The average molecular weight is 559 g/mol. The summed E-state index contributed by atoms with van der Waals surface area (Å²) in [6.45, 7) is 4.76. The number of halogens is 3. The van der Waals surface area contributed by atoms with E-state index in [1.54, 1.807) is 6.92 Å². The van der Waals surface area contributed by atoms with Gasteiger partial charge >= 0.3 is 0 Å². The van der Waals surface area contributed by atoms with Crippen molar-refractivity contribution in [2.75, 3.05) is 6.61 Å². The van der Waals surface area contributed by atoms with Crippen molar-refractivity contribution in [1.82, 2.24) is 20.2 Å². The lowest BCUT2D eigenvalue weighted by Gasteiger charge is -2.44. The molecule has 1 aromatic carbocycles. The summed E-state index contributed by atoms with van der Waals surface area (Å²) in [7, 11) is 0. The van der Waals surface area contributed by atoms with Crippen LogP contribution in [0.1, 0.15) is 49.2 Å². The number of aliphatic hydroxyl groups excluding tert-OH is 3. The number of benzene rings is 1. The molecule has 0 unspecified atom stereocenters. The predicted molar refractivity (Wildman–Crippen MR) is 129 cm³/mol. The smallest absolute Gasteiger partial charge is 0.194 e. The number of ether oxygens (including phenoxy) is 1. The van der Waals surface area contributed by atoms with Crippen molar-refractivity contribution >= 4 is 11.8 Å². The number of aryl methyl sites for hydroxylation is 1. The first kappa shape index (κ1) is 28.5. The van der Waals surface area contributed by atoms with Crippen LogP contribution in [0.4, 0.5) is 13.2 Å². The molecule has 14 heteroatoms. The van der Waals surface area contributed by atoms with Gasteiger partial charge in [-0.1, -0.05) is 24.2 Å². The maximum absolute atomic E-state index is 13.8. The minimum Gasteiger partial charge on any atom is -0.394 e. The van der Waals surface area contributed by atoms with E-state index in [4.69, 9.17) is 9.26 Å². The Hall–Kier alpha value is -2.49. The summed E-state index contributed by atoms with van der Waals surface area (Å²) in [6.07, 6.45) is -0.651. The van der Waals surface area contributed by atoms with Gasteiger partial charge in [-0.05, 0) is 31.9 Å². The second-order valence-corrected chi connectivity index (χ2v) is 10.4. The normalized spacial score (nSPS) is 25.1. The van der Waals surface area contributed by atoms with E-state index in [2.05, 4.69) is 15.5 Å². The predicted octanol–water partition coefficient (Wildman–Crippen LogP) is 2.66. The van der Waals surface area contributed by atoms with Gasteiger partial charge in [0.2, 0.25) is 0 Å². The summed E-state index contributed by atoms with van der Waals surface area (Å²) < 4.78 is 52.9. The van der Waals surface area contributed by atoms with Crippen LogP contribution in [0.3, 0.4) is 0 Å². The molecule has 4 N–H and O–H groups in total. The Balaban J connectivity index is 1.68. The van der Waals surface area contributed by atoms with Gasteiger partial charge in [-0.3, -0.25) is 0 Å². The van der Waals surface area contributed by atoms with Crippen LogP contribution >= 0.6 is 11.8 Å². The number of nitrogens with zero attached hydrogens (tertiary/aromatic N) is 4. The molecule has 38 heavy (non-hydrogen) atoms. The molecule has 0 aliphatic carbocycles. The minimum atomic E-state index is -1.63. The summed E-state index contributed by atoms with van der Waals surface area (Å²) in [6, 6.07) is 0.303. The van der Waals surface area contributed by atoms with E-state index in [0.717, 1.165) is 28.6 Å². The van der Waals surface area contributed by atoms with Gasteiger partial charge in [-0.15, -0.1) is 16.9 Å². The molecule has 0 amide bonds. The Morgan fingerprint density at radius 1 is 1.13 bits per heavy atom. The number of rotatable bonds is 9. The second-order valence-electron chi connectivity index (χ2n) is 9.22. The first-order valence-electron chi connectivity index (χ1n) is 12.0. The molecule has 1 aliphatic heterocycles. The SMILES string of the molecule is CCC(O)(CC)[C@H](S[C@@H]1O[C@H](CO)[C@H](O)[C@H](n2cc(-c3cc(F)c(F)c(F)c3)nn2)[C@H]1O)c1conc1C. The Morgan fingerprint density at radius 3 is 2.34 bits per heavy atom. The minimum absolute atomic E-state index is 0.0391. The monoisotopic (exact) mass is 558 g/mol. The molecule has 3 aromatic rings. The molecule has 0 bridgehead atoms. The van der Waals surface area contributed by atoms with Gasteiger partial charge in [0.15, 0.2) is 17.5 Å². The van der Waals surface area contributed by atoms with Gasteiger partial charge in [-0.25, -0.2) is 17.9 Å². The number of hydrogen-bond acceptors (Lipinski definition) is 10. The zero-order chi connectivity index (χ0) is 27.8. The molecule has 10 nitrogen and oxygen atoms in total. The first-order chi connectivity index (χ1) is 18.0.